The van der Waals surface area contributed by atoms with E-state index < -0.39 is 6.61 Å². The maximum atomic E-state index is 12.6. The van der Waals surface area contributed by atoms with Gasteiger partial charge in [-0.15, -0.1) is 0 Å². The van der Waals surface area contributed by atoms with E-state index in [4.69, 9.17) is 5.11 Å². The van der Waals surface area contributed by atoms with E-state index in [2.05, 4.69) is 15.0 Å². The molecule has 1 heterocycles. The first-order valence-electron chi connectivity index (χ1n) is 7.31. The van der Waals surface area contributed by atoms with Gasteiger partial charge in [0.25, 0.3) is 0 Å². The molecular formula is C15H22F2N2O2. The molecule has 0 spiro atoms. The van der Waals surface area contributed by atoms with Crippen molar-refractivity contribution >= 4 is 0 Å². The van der Waals surface area contributed by atoms with Gasteiger partial charge in [-0.05, 0) is 18.9 Å². The highest BCUT2D eigenvalue weighted by molar-refractivity contribution is 5.36. The Bertz CT molecular complexity index is 426. The lowest BCUT2D eigenvalue weighted by atomic mass is 9.98. The standard InChI is InChI=1S/C15H22F2N2O2/c16-15(17)21-14-6-2-1-4-12(14)13(5-3-11-20)19-9-7-18-8-10-19/h1-2,4,6,13,15,18,20H,3,5,7-11H2/t13-/m0/s1. The highest BCUT2D eigenvalue weighted by Gasteiger charge is 2.25. The Morgan fingerprint density at radius 1 is 1.24 bits per heavy atom. The lowest BCUT2D eigenvalue weighted by Crippen LogP contribution is -2.45. The second-order valence-corrected chi connectivity index (χ2v) is 5.08. The van der Waals surface area contributed by atoms with Crippen LogP contribution in [0.25, 0.3) is 0 Å². The van der Waals surface area contributed by atoms with Gasteiger partial charge in [0, 0.05) is 44.4 Å². The van der Waals surface area contributed by atoms with Crippen LogP contribution >= 0.6 is 0 Å². The maximum absolute atomic E-state index is 12.6. The molecule has 1 aromatic carbocycles. The van der Waals surface area contributed by atoms with Crippen LogP contribution in [0.2, 0.25) is 0 Å². The van der Waals surface area contributed by atoms with Crippen LogP contribution < -0.4 is 10.1 Å². The fourth-order valence-corrected chi connectivity index (χ4v) is 2.77. The predicted molar refractivity (Wildman–Crippen MR) is 76.6 cm³/mol. The van der Waals surface area contributed by atoms with Gasteiger partial charge >= 0.3 is 6.61 Å². The summed E-state index contributed by atoms with van der Waals surface area (Å²) < 4.78 is 29.8. The topological polar surface area (TPSA) is 44.7 Å². The fraction of sp³-hybridized carbons (Fsp3) is 0.600. The van der Waals surface area contributed by atoms with Crippen molar-refractivity contribution in [1.82, 2.24) is 10.2 Å². The van der Waals surface area contributed by atoms with Gasteiger partial charge in [0.1, 0.15) is 5.75 Å². The summed E-state index contributed by atoms with van der Waals surface area (Å²) in [5.41, 5.74) is 0.771. The molecule has 118 valence electrons. The van der Waals surface area contributed by atoms with Crippen molar-refractivity contribution in [2.75, 3.05) is 32.8 Å². The molecule has 0 unspecified atom stereocenters. The molecule has 0 aliphatic carbocycles. The van der Waals surface area contributed by atoms with E-state index >= 15 is 0 Å². The smallest absolute Gasteiger partial charge is 0.387 e. The Balaban J connectivity index is 2.22. The first-order valence-corrected chi connectivity index (χ1v) is 7.31. The summed E-state index contributed by atoms with van der Waals surface area (Å²) in [6, 6.07) is 6.94. The summed E-state index contributed by atoms with van der Waals surface area (Å²) in [5, 5.41) is 12.4. The number of rotatable bonds is 7. The van der Waals surface area contributed by atoms with E-state index in [1.807, 2.05) is 12.1 Å². The van der Waals surface area contributed by atoms with Gasteiger partial charge in [-0.25, -0.2) is 0 Å². The summed E-state index contributed by atoms with van der Waals surface area (Å²) >= 11 is 0. The van der Waals surface area contributed by atoms with Crippen molar-refractivity contribution in [3.8, 4) is 5.75 Å². The van der Waals surface area contributed by atoms with Crippen LogP contribution in [0.3, 0.4) is 0 Å². The molecule has 0 radical (unpaired) electrons. The number of aliphatic hydroxyl groups is 1. The molecule has 6 heteroatoms. The summed E-state index contributed by atoms with van der Waals surface area (Å²) in [6.45, 7) is 0.757. The van der Waals surface area contributed by atoms with Gasteiger partial charge < -0.3 is 15.2 Å². The number of nitrogens with zero attached hydrogens (tertiary/aromatic N) is 1. The van der Waals surface area contributed by atoms with E-state index in [0.717, 1.165) is 38.2 Å². The van der Waals surface area contributed by atoms with Crippen LogP contribution in [0.4, 0.5) is 8.78 Å². The largest absolute Gasteiger partial charge is 0.434 e. The molecule has 21 heavy (non-hydrogen) atoms. The fourth-order valence-electron chi connectivity index (χ4n) is 2.77. The molecule has 1 fully saturated rings. The number of benzene rings is 1. The minimum atomic E-state index is -2.83. The van der Waals surface area contributed by atoms with E-state index in [1.165, 1.54) is 0 Å². The van der Waals surface area contributed by atoms with E-state index in [9.17, 15) is 8.78 Å². The molecule has 0 amide bonds. The Kier molecular flexibility index (Phi) is 6.35. The molecular weight excluding hydrogens is 278 g/mol. The zero-order chi connectivity index (χ0) is 15.1. The van der Waals surface area contributed by atoms with Crippen molar-refractivity contribution < 1.29 is 18.6 Å². The van der Waals surface area contributed by atoms with Crippen LogP contribution in [0.5, 0.6) is 5.75 Å². The van der Waals surface area contributed by atoms with Crippen molar-refractivity contribution in [3.05, 3.63) is 29.8 Å². The van der Waals surface area contributed by atoms with E-state index in [-0.39, 0.29) is 18.4 Å². The molecule has 0 bridgehead atoms. The molecule has 0 saturated carbocycles. The van der Waals surface area contributed by atoms with Crippen molar-refractivity contribution in [2.24, 2.45) is 0 Å². The molecule has 1 aromatic rings. The molecule has 2 N–H and O–H groups in total. The Hall–Kier alpha value is -1.24. The maximum Gasteiger partial charge on any atom is 0.387 e. The number of piperazine rings is 1. The number of aliphatic hydroxyl groups excluding tert-OH is 1. The second kappa shape index (κ2) is 8.26. The van der Waals surface area contributed by atoms with Gasteiger partial charge in [-0.1, -0.05) is 18.2 Å². The summed E-state index contributed by atoms with van der Waals surface area (Å²) in [6.07, 6.45) is 1.36. The van der Waals surface area contributed by atoms with Crippen molar-refractivity contribution in [2.45, 2.75) is 25.5 Å². The minimum Gasteiger partial charge on any atom is -0.434 e. The Morgan fingerprint density at radius 3 is 2.62 bits per heavy atom. The van der Waals surface area contributed by atoms with E-state index in [1.54, 1.807) is 12.1 Å². The lowest BCUT2D eigenvalue weighted by molar-refractivity contribution is -0.0513. The van der Waals surface area contributed by atoms with Crippen molar-refractivity contribution in [1.29, 1.82) is 0 Å². The predicted octanol–water partition coefficient (Wildman–Crippen LogP) is 2.01. The zero-order valence-electron chi connectivity index (χ0n) is 12.0. The van der Waals surface area contributed by atoms with Gasteiger partial charge in [0.15, 0.2) is 0 Å². The third-order valence-electron chi connectivity index (χ3n) is 3.72. The molecule has 2 rings (SSSR count). The van der Waals surface area contributed by atoms with E-state index in [0.29, 0.717) is 6.42 Å². The highest BCUT2D eigenvalue weighted by atomic mass is 19.3. The van der Waals surface area contributed by atoms with Crippen LogP contribution in [-0.4, -0.2) is 49.4 Å². The summed E-state index contributed by atoms with van der Waals surface area (Å²) in [4.78, 5) is 2.26. The number of hydrogen-bond acceptors (Lipinski definition) is 4. The minimum absolute atomic E-state index is 0.00537. The normalized spacial score (nSPS) is 17.9. The molecule has 1 saturated heterocycles. The van der Waals surface area contributed by atoms with Crippen molar-refractivity contribution in [3.63, 3.8) is 0 Å². The van der Waals surface area contributed by atoms with Gasteiger partial charge in [-0.2, -0.15) is 8.78 Å². The second-order valence-electron chi connectivity index (χ2n) is 5.08. The van der Waals surface area contributed by atoms with Crippen LogP contribution in [0, 0.1) is 0 Å². The number of ether oxygens (including phenoxy) is 1. The molecule has 4 nitrogen and oxygen atoms in total. The SMILES string of the molecule is OCCC[C@@H](c1ccccc1OC(F)F)N1CCNCC1. The first kappa shape index (κ1) is 16.1. The summed E-state index contributed by atoms with van der Waals surface area (Å²) in [5.74, 6) is 0.231. The third-order valence-corrected chi connectivity index (χ3v) is 3.72. The number of hydrogen-bond donors (Lipinski definition) is 2. The number of halogens is 2. The lowest BCUT2D eigenvalue weighted by Gasteiger charge is -2.36. The number of nitrogens with one attached hydrogen (secondary N) is 1. The molecule has 1 aliphatic rings. The Labute approximate surface area is 123 Å². The van der Waals surface area contributed by atoms with Crippen LogP contribution in [0.1, 0.15) is 24.4 Å². The highest BCUT2D eigenvalue weighted by Crippen LogP contribution is 2.33. The van der Waals surface area contributed by atoms with Gasteiger partial charge in [0.05, 0.1) is 0 Å². The first-order chi connectivity index (χ1) is 10.2. The Morgan fingerprint density at radius 2 is 1.95 bits per heavy atom. The van der Waals surface area contributed by atoms with Gasteiger partial charge in [-0.3, -0.25) is 4.90 Å². The molecule has 1 atom stereocenters. The summed E-state index contributed by atoms with van der Waals surface area (Å²) in [7, 11) is 0. The number of alkyl halides is 2. The molecule has 1 aliphatic heterocycles. The quantitative estimate of drug-likeness (QED) is 0.808. The average molecular weight is 300 g/mol. The van der Waals surface area contributed by atoms with Crippen LogP contribution in [-0.2, 0) is 0 Å². The molecule has 0 aromatic heterocycles. The monoisotopic (exact) mass is 300 g/mol. The van der Waals surface area contributed by atoms with Gasteiger partial charge in [0.2, 0.25) is 0 Å². The number of para-hydroxylation sites is 1. The van der Waals surface area contributed by atoms with Crippen LogP contribution in [0.15, 0.2) is 24.3 Å². The average Bonchev–Trinajstić information content (AvgIpc) is 2.50. The third kappa shape index (κ3) is 4.62. The zero-order valence-corrected chi connectivity index (χ0v) is 12.0.